The average molecular weight is 909 g/mol. The quantitative estimate of drug-likeness (QED) is 0.0233. The van der Waals surface area contributed by atoms with Gasteiger partial charge in [-0.3, -0.25) is 18.6 Å². The third-order valence-corrected chi connectivity index (χ3v) is 11.6. The summed E-state index contributed by atoms with van der Waals surface area (Å²) in [6.45, 7) is 2.31. The third kappa shape index (κ3) is 47.5. The van der Waals surface area contributed by atoms with Crippen molar-refractivity contribution in [2.24, 2.45) is 0 Å². The molecule has 0 aliphatic heterocycles. The van der Waals surface area contributed by atoms with E-state index < -0.39 is 51.8 Å². The fourth-order valence-electron chi connectivity index (χ4n) is 6.73. The Kier molecular flexibility index (Phi) is 45.9. The molecule has 0 aliphatic rings. The van der Waals surface area contributed by atoms with Crippen LogP contribution in [0.15, 0.2) is 60.8 Å². The average Bonchev–Trinajstić information content (AvgIpc) is 3.27. The van der Waals surface area contributed by atoms with Crippen molar-refractivity contribution in [1.29, 1.82) is 0 Å². The molecule has 0 aromatic carbocycles. The van der Waals surface area contributed by atoms with Gasteiger partial charge in [0.15, 0.2) is 6.10 Å². The van der Waals surface area contributed by atoms with Crippen molar-refractivity contribution in [3.63, 3.8) is 0 Å². The molecule has 366 valence electrons. The molecule has 3 atom stereocenters. The standard InChI is InChI=1S/C52H93O10P/c1-3-5-7-9-11-13-15-17-19-21-22-23-24-25-26-28-30-32-34-36-38-40-42-44-52(56)62-50(48-61-63(57,58)60-46-49(54)45-53)47-59-51(55)43-41-39-37-35-33-31-29-27-20-18-16-14-12-10-8-6-4-2/h12,14,18,20,28-31,36,38,49-50,53-54H,3-11,13,15-17,19,21-27,32-35,37,39-48H2,1-2H3,(H,57,58)/b14-12+,20-18+,30-28+,31-29+,38-36+/t49-,50+/m0/s1. The molecule has 3 N–H and O–H groups in total. The van der Waals surface area contributed by atoms with E-state index in [1.54, 1.807) is 0 Å². The first kappa shape index (κ1) is 60.7. The number of carbonyl (C=O) groups is 2. The van der Waals surface area contributed by atoms with Gasteiger partial charge in [0.05, 0.1) is 19.8 Å². The van der Waals surface area contributed by atoms with E-state index in [9.17, 15) is 24.2 Å². The van der Waals surface area contributed by atoms with Gasteiger partial charge in [0, 0.05) is 12.8 Å². The highest BCUT2D eigenvalue weighted by Gasteiger charge is 2.27. The van der Waals surface area contributed by atoms with Gasteiger partial charge in [0.2, 0.25) is 0 Å². The first-order valence-electron chi connectivity index (χ1n) is 25.2. The topological polar surface area (TPSA) is 149 Å². The van der Waals surface area contributed by atoms with E-state index in [-0.39, 0.29) is 19.4 Å². The van der Waals surface area contributed by atoms with Crippen LogP contribution in [0.3, 0.4) is 0 Å². The molecule has 63 heavy (non-hydrogen) atoms. The molecule has 0 fully saturated rings. The summed E-state index contributed by atoms with van der Waals surface area (Å²) in [5.41, 5.74) is 0. The largest absolute Gasteiger partial charge is 0.472 e. The lowest BCUT2D eigenvalue weighted by Gasteiger charge is -2.20. The SMILES string of the molecule is CCCCC/C=C/C/C=C/C/C=C/CCCCCCC(=O)OC[C@H](COP(=O)(O)OC[C@@H](O)CO)OC(=O)CCC/C=C/CC/C=C/CCCCCCCCCCCCCCCC. The number of unbranched alkanes of at least 4 members (excludes halogenated alkanes) is 23. The van der Waals surface area contributed by atoms with Crippen LogP contribution in [0.4, 0.5) is 0 Å². The number of ether oxygens (including phenoxy) is 2. The van der Waals surface area contributed by atoms with Crippen LogP contribution < -0.4 is 0 Å². The maximum atomic E-state index is 12.7. The number of esters is 2. The molecule has 10 nitrogen and oxygen atoms in total. The van der Waals surface area contributed by atoms with E-state index in [0.717, 1.165) is 57.8 Å². The third-order valence-electron chi connectivity index (χ3n) is 10.6. The van der Waals surface area contributed by atoms with E-state index in [0.29, 0.717) is 19.3 Å². The van der Waals surface area contributed by atoms with Crippen LogP contribution in [0, 0.1) is 0 Å². The minimum absolute atomic E-state index is 0.118. The molecule has 0 heterocycles. The number of aliphatic hydroxyl groups is 2. The summed E-state index contributed by atoms with van der Waals surface area (Å²) in [6, 6.07) is 0. The summed E-state index contributed by atoms with van der Waals surface area (Å²) < 4.78 is 32.8. The molecule has 0 amide bonds. The zero-order chi connectivity index (χ0) is 46.2. The fourth-order valence-corrected chi connectivity index (χ4v) is 7.52. The molecule has 0 aromatic rings. The number of phosphoric ester groups is 1. The minimum atomic E-state index is -4.64. The summed E-state index contributed by atoms with van der Waals surface area (Å²) >= 11 is 0. The second-order valence-corrected chi connectivity index (χ2v) is 18.3. The van der Waals surface area contributed by atoms with Crippen molar-refractivity contribution in [2.75, 3.05) is 26.4 Å². The molecule has 0 aromatic heterocycles. The van der Waals surface area contributed by atoms with Crippen molar-refractivity contribution < 1.29 is 47.8 Å². The Morgan fingerprint density at radius 3 is 1.38 bits per heavy atom. The Hall–Kier alpha value is -2.33. The zero-order valence-electron chi connectivity index (χ0n) is 40.0. The number of rotatable bonds is 47. The van der Waals surface area contributed by atoms with Crippen LogP contribution in [0.2, 0.25) is 0 Å². The van der Waals surface area contributed by atoms with Crippen LogP contribution in [-0.4, -0.2) is 65.7 Å². The lowest BCUT2D eigenvalue weighted by Crippen LogP contribution is -2.29. The molecule has 11 heteroatoms. The van der Waals surface area contributed by atoms with Crippen molar-refractivity contribution in [3.05, 3.63) is 60.8 Å². The molecule has 0 saturated heterocycles. The predicted octanol–water partition coefficient (Wildman–Crippen LogP) is 14.2. The molecular formula is C52H93O10P. The number of carbonyl (C=O) groups excluding carboxylic acids is 2. The fraction of sp³-hybridized carbons (Fsp3) is 0.769. The van der Waals surface area contributed by atoms with Gasteiger partial charge in [-0.2, -0.15) is 0 Å². The van der Waals surface area contributed by atoms with Crippen molar-refractivity contribution in [1.82, 2.24) is 0 Å². The summed E-state index contributed by atoms with van der Waals surface area (Å²) in [5.74, 6) is -0.998. The summed E-state index contributed by atoms with van der Waals surface area (Å²) in [4.78, 5) is 35.1. The van der Waals surface area contributed by atoms with E-state index in [2.05, 4.69) is 74.6 Å². The van der Waals surface area contributed by atoms with Crippen LogP contribution in [0.1, 0.15) is 219 Å². The Morgan fingerprint density at radius 2 is 0.857 bits per heavy atom. The monoisotopic (exact) mass is 909 g/mol. The molecule has 0 bridgehead atoms. The Labute approximate surface area is 385 Å². The lowest BCUT2D eigenvalue weighted by atomic mass is 10.0. The molecule has 0 rings (SSSR count). The summed E-state index contributed by atoms with van der Waals surface area (Å²) in [5, 5.41) is 18.4. The summed E-state index contributed by atoms with van der Waals surface area (Å²) in [7, 11) is -4.64. The maximum Gasteiger partial charge on any atom is 0.472 e. The van der Waals surface area contributed by atoms with E-state index >= 15 is 0 Å². The van der Waals surface area contributed by atoms with Crippen LogP contribution in [0.25, 0.3) is 0 Å². The number of phosphoric acid groups is 1. The zero-order valence-corrected chi connectivity index (χ0v) is 40.9. The van der Waals surface area contributed by atoms with Crippen molar-refractivity contribution in [3.8, 4) is 0 Å². The highest BCUT2D eigenvalue weighted by atomic mass is 31.2. The number of hydrogen-bond donors (Lipinski definition) is 3. The second kappa shape index (κ2) is 47.6. The van der Waals surface area contributed by atoms with Gasteiger partial charge in [-0.25, -0.2) is 4.57 Å². The van der Waals surface area contributed by atoms with Gasteiger partial charge < -0.3 is 24.6 Å². The molecular weight excluding hydrogens is 816 g/mol. The highest BCUT2D eigenvalue weighted by Crippen LogP contribution is 2.43. The molecule has 0 saturated carbocycles. The maximum absolute atomic E-state index is 12.7. The number of aliphatic hydroxyl groups excluding tert-OH is 2. The van der Waals surface area contributed by atoms with E-state index in [1.165, 1.54) is 116 Å². The van der Waals surface area contributed by atoms with Gasteiger partial charge in [-0.05, 0) is 83.5 Å². The van der Waals surface area contributed by atoms with Crippen LogP contribution in [0.5, 0.6) is 0 Å². The Balaban J connectivity index is 4.28. The van der Waals surface area contributed by atoms with Gasteiger partial charge in [0.1, 0.15) is 12.7 Å². The smallest absolute Gasteiger partial charge is 0.462 e. The molecule has 0 spiro atoms. The molecule has 0 aliphatic carbocycles. The van der Waals surface area contributed by atoms with Crippen LogP contribution >= 0.6 is 7.82 Å². The summed E-state index contributed by atoms with van der Waals surface area (Å²) in [6.07, 6.45) is 54.9. The van der Waals surface area contributed by atoms with Gasteiger partial charge in [-0.15, -0.1) is 0 Å². The van der Waals surface area contributed by atoms with E-state index in [1.807, 2.05) is 0 Å². The molecule has 1 unspecified atom stereocenters. The Morgan fingerprint density at radius 1 is 0.476 bits per heavy atom. The second-order valence-electron chi connectivity index (χ2n) is 16.8. The van der Waals surface area contributed by atoms with Gasteiger partial charge >= 0.3 is 19.8 Å². The van der Waals surface area contributed by atoms with Crippen LogP contribution in [-0.2, 0) is 32.7 Å². The minimum Gasteiger partial charge on any atom is -0.462 e. The normalized spacial score (nSPS) is 14.2. The first-order chi connectivity index (χ1) is 30.7. The van der Waals surface area contributed by atoms with E-state index in [4.69, 9.17) is 23.6 Å². The van der Waals surface area contributed by atoms with Gasteiger partial charge in [0.25, 0.3) is 0 Å². The number of hydrogen-bond acceptors (Lipinski definition) is 9. The lowest BCUT2D eigenvalue weighted by molar-refractivity contribution is -0.161. The number of allylic oxidation sites excluding steroid dienone is 10. The highest BCUT2D eigenvalue weighted by molar-refractivity contribution is 7.47. The Bertz CT molecular complexity index is 1230. The van der Waals surface area contributed by atoms with Crippen molar-refractivity contribution >= 4 is 19.8 Å². The van der Waals surface area contributed by atoms with Crippen molar-refractivity contribution in [2.45, 2.75) is 232 Å². The molecule has 0 radical (unpaired) electrons. The first-order valence-corrected chi connectivity index (χ1v) is 26.7. The predicted molar refractivity (Wildman–Crippen MR) is 260 cm³/mol. The van der Waals surface area contributed by atoms with Gasteiger partial charge in [-0.1, -0.05) is 184 Å².